The molecular weight excluding hydrogens is 184 g/mol. The molecule has 3 atom stereocenters. The van der Waals surface area contributed by atoms with Crippen molar-refractivity contribution in [2.45, 2.75) is 51.6 Å². The average Bonchev–Trinajstić information content (AvgIpc) is 3.02. The largest absolute Gasteiger partial charge is 0.316 e. The first kappa shape index (κ1) is 11.4. The van der Waals surface area contributed by atoms with Gasteiger partial charge in [0.05, 0.1) is 0 Å². The topological polar surface area (TPSA) is 15.3 Å². The summed E-state index contributed by atoms with van der Waals surface area (Å²) in [6.07, 6.45) is 5.66. The molecule has 2 heteroatoms. The zero-order valence-electron chi connectivity index (χ0n) is 10.5. The third-order valence-electron chi connectivity index (χ3n) is 4.15. The van der Waals surface area contributed by atoms with Crippen LogP contribution in [0.1, 0.15) is 39.5 Å². The number of hydrogen-bond acceptors (Lipinski definition) is 2. The monoisotopic (exact) mass is 210 g/mol. The molecule has 3 unspecified atom stereocenters. The van der Waals surface area contributed by atoms with Gasteiger partial charge in [-0.05, 0) is 44.6 Å². The van der Waals surface area contributed by atoms with Crippen LogP contribution in [-0.2, 0) is 0 Å². The van der Waals surface area contributed by atoms with Gasteiger partial charge in [-0.3, -0.25) is 4.90 Å². The zero-order valence-corrected chi connectivity index (χ0v) is 10.5. The van der Waals surface area contributed by atoms with E-state index in [9.17, 15) is 0 Å². The molecular formula is C13H26N2. The van der Waals surface area contributed by atoms with Gasteiger partial charge >= 0.3 is 0 Å². The molecule has 1 aliphatic carbocycles. The minimum Gasteiger partial charge on any atom is -0.316 e. The fourth-order valence-electron chi connectivity index (χ4n) is 3.24. The Kier molecular flexibility index (Phi) is 3.68. The summed E-state index contributed by atoms with van der Waals surface area (Å²) < 4.78 is 0. The molecule has 2 nitrogen and oxygen atoms in total. The third-order valence-corrected chi connectivity index (χ3v) is 4.15. The standard InChI is InChI=1S/C13H26N2/c1-4-13(11-5-6-11)15-8-10(2)7-12(9-15)14-3/h10-14H,4-9H2,1-3H3. The fourth-order valence-corrected chi connectivity index (χ4v) is 3.24. The number of hydrogen-bond donors (Lipinski definition) is 1. The smallest absolute Gasteiger partial charge is 0.0195 e. The van der Waals surface area contributed by atoms with Crippen molar-refractivity contribution in [2.24, 2.45) is 11.8 Å². The van der Waals surface area contributed by atoms with Crippen LogP contribution in [-0.4, -0.2) is 37.1 Å². The third kappa shape index (κ3) is 2.73. The van der Waals surface area contributed by atoms with E-state index >= 15 is 0 Å². The van der Waals surface area contributed by atoms with Crippen molar-refractivity contribution in [1.29, 1.82) is 0 Å². The van der Waals surface area contributed by atoms with E-state index in [4.69, 9.17) is 0 Å². The second kappa shape index (κ2) is 4.84. The van der Waals surface area contributed by atoms with Crippen molar-refractivity contribution >= 4 is 0 Å². The highest BCUT2D eigenvalue weighted by atomic mass is 15.2. The molecule has 0 aromatic rings. The van der Waals surface area contributed by atoms with E-state index in [1.807, 2.05) is 0 Å². The highest BCUT2D eigenvalue weighted by molar-refractivity contribution is 4.92. The maximum absolute atomic E-state index is 3.46. The van der Waals surface area contributed by atoms with Crippen molar-refractivity contribution < 1.29 is 0 Å². The molecule has 0 bridgehead atoms. The highest BCUT2D eigenvalue weighted by Gasteiger charge is 2.36. The molecule has 0 aromatic carbocycles. The quantitative estimate of drug-likeness (QED) is 0.764. The Bertz CT molecular complexity index is 201. The minimum atomic E-state index is 0.724. The van der Waals surface area contributed by atoms with Crippen LogP contribution in [0.5, 0.6) is 0 Å². The Hall–Kier alpha value is -0.0800. The second-order valence-corrected chi connectivity index (χ2v) is 5.59. The van der Waals surface area contributed by atoms with Gasteiger partial charge in [-0.25, -0.2) is 0 Å². The summed E-state index contributed by atoms with van der Waals surface area (Å²) in [5.74, 6) is 1.89. The second-order valence-electron chi connectivity index (χ2n) is 5.59. The van der Waals surface area contributed by atoms with Crippen LogP contribution in [0.3, 0.4) is 0 Å². The Labute approximate surface area is 94.4 Å². The van der Waals surface area contributed by atoms with E-state index in [-0.39, 0.29) is 0 Å². The van der Waals surface area contributed by atoms with E-state index in [2.05, 4.69) is 31.1 Å². The predicted octanol–water partition coefficient (Wildman–Crippen LogP) is 2.10. The van der Waals surface area contributed by atoms with Gasteiger partial charge in [0.15, 0.2) is 0 Å². The van der Waals surface area contributed by atoms with Crippen LogP contribution in [0.4, 0.5) is 0 Å². The molecule has 0 radical (unpaired) electrons. The van der Waals surface area contributed by atoms with E-state index in [0.29, 0.717) is 0 Å². The van der Waals surface area contributed by atoms with Gasteiger partial charge in [0.1, 0.15) is 0 Å². The van der Waals surface area contributed by atoms with Gasteiger partial charge < -0.3 is 5.32 Å². The van der Waals surface area contributed by atoms with Gasteiger partial charge in [0.2, 0.25) is 0 Å². The Morgan fingerprint density at radius 2 is 2.07 bits per heavy atom. The number of likely N-dealkylation sites (tertiary alicyclic amines) is 1. The maximum Gasteiger partial charge on any atom is 0.0195 e. The summed E-state index contributed by atoms with van der Waals surface area (Å²) in [5.41, 5.74) is 0. The van der Waals surface area contributed by atoms with Gasteiger partial charge in [-0.15, -0.1) is 0 Å². The molecule has 0 spiro atoms. The number of rotatable bonds is 4. The van der Waals surface area contributed by atoms with E-state index in [1.54, 1.807) is 0 Å². The summed E-state index contributed by atoms with van der Waals surface area (Å²) in [6, 6.07) is 1.60. The summed E-state index contributed by atoms with van der Waals surface area (Å²) in [4.78, 5) is 2.76. The molecule has 2 rings (SSSR count). The van der Waals surface area contributed by atoms with Crippen molar-refractivity contribution in [1.82, 2.24) is 10.2 Å². The van der Waals surface area contributed by atoms with Crippen molar-refractivity contribution in [2.75, 3.05) is 20.1 Å². The number of piperidine rings is 1. The molecule has 1 saturated heterocycles. The number of nitrogens with zero attached hydrogens (tertiary/aromatic N) is 1. The molecule has 88 valence electrons. The maximum atomic E-state index is 3.46. The molecule has 1 saturated carbocycles. The molecule has 1 aliphatic heterocycles. The summed E-state index contributed by atoms with van der Waals surface area (Å²) in [7, 11) is 2.11. The van der Waals surface area contributed by atoms with Crippen LogP contribution >= 0.6 is 0 Å². The van der Waals surface area contributed by atoms with E-state index in [1.165, 1.54) is 38.8 Å². The summed E-state index contributed by atoms with van der Waals surface area (Å²) >= 11 is 0. The average molecular weight is 210 g/mol. The Morgan fingerprint density at radius 3 is 2.60 bits per heavy atom. The first-order chi connectivity index (χ1) is 7.24. The molecule has 1 heterocycles. The predicted molar refractivity (Wildman–Crippen MR) is 65.0 cm³/mol. The lowest BCUT2D eigenvalue weighted by Gasteiger charge is -2.41. The van der Waals surface area contributed by atoms with Gasteiger partial charge in [-0.2, -0.15) is 0 Å². The van der Waals surface area contributed by atoms with Crippen molar-refractivity contribution in [3.8, 4) is 0 Å². The lowest BCUT2D eigenvalue weighted by Crippen LogP contribution is -2.51. The van der Waals surface area contributed by atoms with Gasteiger partial charge in [-0.1, -0.05) is 13.8 Å². The lowest BCUT2D eigenvalue weighted by atomic mass is 9.93. The first-order valence-corrected chi connectivity index (χ1v) is 6.65. The van der Waals surface area contributed by atoms with Crippen LogP contribution < -0.4 is 5.32 Å². The Balaban J connectivity index is 1.94. The summed E-state index contributed by atoms with van der Waals surface area (Å²) in [6.45, 7) is 7.36. The molecule has 2 aliphatic rings. The van der Waals surface area contributed by atoms with Gasteiger partial charge in [0.25, 0.3) is 0 Å². The van der Waals surface area contributed by atoms with Crippen LogP contribution in [0, 0.1) is 11.8 Å². The van der Waals surface area contributed by atoms with E-state index < -0.39 is 0 Å². The SMILES string of the molecule is CCC(C1CC1)N1CC(C)CC(NC)C1. The molecule has 15 heavy (non-hydrogen) atoms. The van der Waals surface area contributed by atoms with Gasteiger partial charge in [0, 0.05) is 25.2 Å². The molecule has 0 amide bonds. The Morgan fingerprint density at radius 1 is 1.33 bits per heavy atom. The normalized spacial score (nSPS) is 35.4. The van der Waals surface area contributed by atoms with Crippen LogP contribution in [0.25, 0.3) is 0 Å². The van der Waals surface area contributed by atoms with Crippen molar-refractivity contribution in [3.63, 3.8) is 0 Å². The minimum absolute atomic E-state index is 0.724. The van der Waals surface area contributed by atoms with E-state index in [0.717, 1.165) is 23.9 Å². The van der Waals surface area contributed by atoms with Crippen molar-refractivity contribution in [3.05, 3.63) is 0 Å². The molecule has 1 N–H and O–H groups in total. The number of nitrogens with one attached hydrogen (secondary N) is 1. The lowest BCUT2D eigenvalue weighted by molar-refractivity contribution is 0.0921. The fraction of sp³-hybridized carbons (Fsp3) is 1.00. The molecule has 0 aromatic heterocycles. The summed E-state index contributed by atoms with van der Waals surface area (Å²) in [5, 5.41) is 3.46. The molecule has 2 fully saturated rings. The van der Waals surface area contributed by atoms with Crippen LogP contribution in [0.15, 0.2) is 0 Å². The number of likely N-dealkylation sites (N-methyl/N-ethyl adjacent to an activating group) is 1. The first-order valence-electron chi connectivity index (χ1n) is 6.65. The van der Waals surface area contributed by atoms with Crippen LogP contribution in [0.2, 0.25) is 0 Å². The highest BCUT2D eigenvalue weighted by Crippen LogP contribution is 2.38. The zero-order chi connectivity index (χ0) is 10.8.